The minimum absolute atomic E-state index is 0.0335. The van der Waals surface area contributed by atoms with Gasteiger partial charge in [-0.2, -0.15) is 0 Å². The van der Waals surface area contributed by atoms with Gasteiger partial charge >= 0.3 is 11.9 Å². The van der Waals surface area contributed by atoms with Gasteiger partial charge in [-0.3, -0.25) is 9.59 Å². The number of aliphatic carboxylic acids is 2. The molecule has 0 aliphatic heterocycles. The number of hydrogen-bond acceptors (Lipinski definition) is 4. The van der Waals surface area contributed by atoms with Gasteiger partial charge in [-0.1, -0.05) is 25.1 Å². The summed E-state index contributed by atoms with van der Waals surface area (Å²) < 4.78 is 43.2. The fourth-order valence-corrected chi connectivity index (χ4v) is 5.34. The van der Waals surface area contributed by atoms with E-state index in [4.69, 9.17) is 10.2 Å². The molecule has 0 spiro atoms. The molecule has 0 unspecified atom stereocenters. The van der Waals surface area contributed by atoms with Crippen molar-refractivity contribution < 1.29 is 32.6 Å². The minimum Gasteiger partial charge on any atom is -0.481 e. The quantitative estimate of drug-likeness (QED) is 0.465. The molecule has 2 aromatic carbocycles. The Balaban J connectivity index is 0.000000588. The van der Waals surface area contributed by atoms with E-state index in [2.05, 4.69) is 4.72 Å². The third-order valence-electron chi connectivity index (χ3n) is 5.67. The Hall–Kier alpha value is -3.24. The Morgan fingerprint density at radius 3 is 2.35 bits per heavy atom. The summed E-state index contributed by atoms with van der Waals surface area (Å²) >= 11 is 0. The highest BCUT2D eigenvalue weighted by atomic mass is 32.2. The summed E-state index contributed by atoms with van der Waals surface area (Å²) in [7, 11) is -3.75. The van der Waals surface area contributed by atoms with Crippen LogP contribution in [0, 0.1) is 5.82 Å². The van der Waals surface area contributed by atoms with E-state index in [9.17, 15) is 22.4 Å². The van der Waals surface area contributed by atoms with Gasteiger partial charge < -0.3 is 14.8 Å². The number of fused-ring (bicyclic) bond motifs is 3. The number of benzene rings is 2. The number of halogens is 1. The standard InChI is InChI=1S/C21H21FN2O4S.C3H6O2/c22-14-5-8-16(9-6-14)29(27,28)23-15-7-10-20-18(13-15)17-3-1-2-4-19(17)24(20)12-11-21(25)26;1-2-3(4)5/h1-6,8-9,15,23H,7,10-13H2,(H,25,26);2H2,1H3,(H,4,5)/t15-;/m1./s1. The number of nitrogens with one attached hydrogen (secondary N) is 1. The van der Waals surface area contributed by atoms with Crippen molar-refractivity contribution in [1.82, 2.24) is 9.29 Å². The van der Waals surface area contributed by atoms with Crippen molar-refractivity contribution in [2.45, 2.75) is 56.5 Å². The maximum absolute atomic E-state index is 13.1. The minimum atomic E-state index is -3.75. The van der Waals surface area contributed by atoms with Crippen molar-refractivity contribution in [1.29, 1.82) is 0 Å². The molecule has 0 radical (unpaired) electrons. The largest absolute Gasteiger partial charge is 0.481 e. The Morgan fingerprint density at radius 1 is 1.09 bits per heavy atom. The smallest absolute Gasteiger partial charge is 0.305 e. The van der Waals surface area contributed by atoms with Crippen LogP contribution in [-0.2, 0) is 39.0 Å². The predicted molar refractivity (Wildman–Crippen MR) is 125 cm³/mol. The van der Waals surface area contributed by atoms with Crippen LogP contribution in [0.3, 0.4) is 0 Å². The first-order valence-corrected chi connectivity index (χ1v) is 12.4. The number of carboxylic acid groups (broad SMARTS) is 2. The third kappa shape index (κ3) is 6.00. The number of aryl methyl sites for hydroxylation is 1. The van der Waals surface area contributed by atoms with E-state index in [-0.39, 0.29) is 23.8 Å². The average molecular weight is 491 g/mol. The molecule has 0 fully saturated rings. The SMILES string of the molecule is CCC(=O)O.O=C(O)CCn1c2c(c3ccccc31)C[C@H](NS(=O)(=O)c1ccc(F)cc1)CC2. The number of rotatable bonds is 7. The Bertz CT molecular complexity index is 1280. The molecule has 182 valence electrons. The zero-order chi connectivity index (χ0) is 24.9. The summed E-state index contributed by atoms with van der Waals surface area (Å²) in [5, 5.41) is 17.8. The monoisotopic (exact) mass is 490 g/mol. The van der Waals surface area contributed by atoms with Gasteiger partial charge in [0.25, 0.3) is 0 Å². The number of sulfonamides is 1. The molecule has 0 saturated heterocycles. The van der Waals surface area contributed by atoms with E-state index in [1.165, 1.54) is 12.1 Å². The molecule has 1 heterocycles. The van der Waals surface area contributed by atoms with Crippen molar-refractivity contribution in [3.05, 3.63) is 65.6 Å². The van der Waals surface area contributed by atoms with Gasteiger partial charge in [0.05, 0.1) is 11.3 Å². The molecule has 0 bridgehead atoms. The topological polar surface area (TPSA) is 126 Å². The zero-order valence-electron chi connectivity index (χ0n) is 18.7. The molecule has 34 heavy (non-hydrogen) atoms. The molecule has 3 aromatic rings. The summed E-state index contributed by atoms with van der Waals surface area (Å²) in [5.74, 6) is -2.08. The van der Waals surface area contributed by atoms with Gasteiger partial charge in [-0.05, 0) is 55.2 Å². The van der Waals surface area contributed by atoms with Crippen LogP contribution >= 0.6 is 0 Å². The van der Waals surface area contributed by atoms with Gasteiger partial charge in [0.1, 0.15) is 5.82 Å². The van der Waals surface area contributed by atoms with Crippen LogP contribution in [0.1, 0.15) is 37.4 Å². The van der Waals surface area contributed by atoms with Crippen molar-refractivity contribution in [3.8, 4) is 0 Å². The first kappa shape index (κ1) is 25.4. The summed E-state index contributed by atoms with van der Waals surface area (Å²) in [4.78, 5) is 20.5. The molecule has 1 aromatic heterocycles. The number of carboxylic acids is 2. The van der Waals surface area contributed by atoms with Crippen LogP contribution in [0.2, 0.25) is 0 Å². The normalized spacial score (nSPS) is 15.3. The lowest BCUT2D eigenvalue weighted by Gasteiger charge is -2.25. The summed E-state index contributed by atoms with van der Waals surface area (Å²) in [5.41, 5.74) is 3.11. The van der Waals surface area contributed by atoms with Crippen molar-refractivity contribution in [2.24, 2.45) is 0 Å². The Morgan fingerprint density at radius 2 is 1.74 bits per heavy atom. The van der Waals surface area contributed by atoms with Crippen LogP contribution in [-0.4, -0.2) is 41.2 Å². The lowest BCUT2D eigenvalue weighted by Crippen LogP contribution is -2.39. The van der Waals surface area contributed by atoms with E-state index < -0.39 is 27.8 Å². The van der Waals surface area contributed by atoms with Crippen molar-refractivity contribution in [3.63, 3.8) is 0 Å². The molecule has 1 aliphatic rings. The molecule has 1 aliphatic carbocycles. The highest BCUT2D eigenvalue weighted by Crippen LogP contribution is 2.33. The number of carbonyl (C=O) groups is 2. The zero-order valence-corrected chi connectivity index (χ0v) is 19.5. The first-order valence-electron chi connectivity index (χ1n) is 10.9. The van der Waals surface area contributed by atoms with Crippen molar-refractivity contribution >= 4 is 32.9 Å². The predicted octanol–water partition coefficient (Wildman–Crippen LogP) is 3.57. The third-order valence-corrected chi connectivity index (χ3v) is 7.21. The van der Waals surface area contributed by atoms with Crippen LogP contribution in [0.25, 0.3) is 10.9 Å². The molecule has 0 saturated carbocycles. The lowest BCUT2D eigenvalue weighted by atomic mass is 9.92. The van der Waals surface area contributed by atoms with E-state index in [1.807, 2.05) is 28.8 Å². The summed E-state index contributed by atoms with van der Waals surface area (Å²) in [6.45, 7) is 1.99. The van der Waals surface area contributed by atoms with Crippen LogP contribution in [0.5, 0.6) is 0 Å². The molecule has 8 nitrogen and oxygen atoms in total. The highest BCUT2D eigenvalue weighted by molar-refractivity contribution is 7.89. The van der Waals surface area contributed by atoms with Gasteiger partial charge in [0.15, 0.2) is 0 Å². The molecule has 3 N–H and O–H groups in total. The van der Waals surface area contributed by atoms with E-state index in [1.54, 1.807) is 6.92 Å². The maximum Gasteiger partial charge on any atom is 0.305 e. The molecule has 0 amide bonds. The van der Waals surface area contributed by atoms with E-state index in [0.29, 0.717) is 25.8 Å². The molecular weight excluding hydrogens is 463 g/mol. The fraction of sp³-hybridized carbons (Fsp3) is 0.333. The van der Waals surface area contributed by atoms with Crippen LogP contribution < -0.4 is 4.72 Å². The van der Waals surface area contributed by atoms with E-state index >= 15 is 0 Å². The molecule has 10 heteroatoms. The summed E-state index contributed by atoms with van der Waals surface area (Å²) in [6.07, 6.45) is 2.04. The number of para-hydroxylation sites is 1. The number of hydrogen-bond donors (Lipinski definition) is 3. The maximum atomic E-state index is 13.1. The van der Waals surface area contributed by atoms with Gasteiger partial charge in [-0.25, -0.2) is 17.5 Å². The highest BCUT2D eigenvalue weighted by Gasteiger charge is 2.28. The number of aromatic nitrogens is 1. The average Bonchev–Trinajstić information content (AvgIpc) is 3.11. The number of nitrogens with zero attached hydrogens (tertiary/aromatic N) is 1. The first-order chi connectivity index (χ1) is 16.1. The van der Waals surface area contributed by atoms with Crippen LogP contribution in [0.4, 0.5) is 4.39 Å². The van der Waals surface area contributed by atoms with Gasteiger partial charge in [-0.15, -0.1) is 0 Å². The Labute approximate surface area is 197 Å². The second-order valence-electron chi connectivity index (χ2n) is 8.00. The second kappa shape index (κ2) is 10.8. The second-order valence-corrected chi connectivity index (χ2v) is 9.71. The molecule has 1 atom stereocenters. The van der Waals surface area contributed by atoms with Crippen LogP contribution in [0.15, 0.2) is 53.4 Å². The van der Waals surface area contributed by atoms with Crippen molar-refractivity contribution in [2.75, 3.05) is 0 Å². The van der Waals surface area contributed by atoms with Gasteiger partial charge in [0.2, 0.25) is 10.0 Å². The fourth-order valence-electron chi connectivity index (χ4n) is 4.07. The molecular formula is C24H27FN2O6S. The van der Waals surface area contributed by atoms with E-state index in [0.717, 1.165) is 34.3 Å². The Kier molecular flexibility index (Phi) is 8.06. The molecule has 4 rings (SSSR count). The lowest BCUT2D eigenvalue weighted by molar-refractivity contribution is -0.138. The summed E-state index contributed by atoms with van der Waals surface area (Å²) in [6, 6.07) is 12.3. The van der Waals surface area contributed by atoms with Gasteiger partial charge in [0, 0.05) is 35.6 Å².